The van der Waals surface area contributed by atoms with Crippen molar-refractivity contribution < 1.29 is 0 Å². The fourth-order valence-electron chi connectivity index (χ4n) is 2.10. The number of nitriles is 1. The molecule has 1 aliphatic rings. The number of nitrogens with zero attached hydrogens (tertiary/aromatic N) is 4. The number of aromatic nitrogens is 1. The van der Waals surface area contributed by atoms with Crippen LogP contribution in [0.5, 0.6) is 0 Å². The van der Waals surface area contributed by atoms with Gasteiger partial charge in [-0.2, -0.15) is 5.26 Å². The molecule has 0 radical (unpaired) electrons. The van der Waals surface area contributed by atoms with Crippen molar-refractivity contribution in [2.24, 2.45) is 0 Å². The second-order valence-corrected chi connectivity index (χ2v) is 5.17. The zero-order valence-corrected chi connectivity index (χ0v) is 10.6. The van der Waals surface area contributed by atoms with Crippen molar-refractivity contribution in [2.75, 3.05) is 31.6 Å². The maximum atomic E-state index is 8.90. The largest absolute Gasteiger partial charge is 0.353 e. The average Bonchev–Trinajstić information content (AvgIpc) is 2.32. The van der Waals surface area contributed by atoms with Gasteiger partial charge in [-0.25, -0.2) is 4.98 Å². The lowest BCUT2D eigenvalue weighted by molar-refractivity contribution is 0.138. The summed E-state index contributed by atoms with van der Waals surface area (Å²) in [5.74, 6) is 0.908. The Balaban J connectivity index is 2.21. The molecule has 2 heterocycles. The zero-order valence-electron chi connectivity index (χ0n) is 10.6. The van der Waals surface area contributed by atoms with Crippen molar-refractivity contribution in [3.63, 3.8) is 0 Å². The van der Waals surface area contributed by atoms with Gasteiger partial charge in [-0.05, 0) is 33.0 Å². The summed E-state index contributed by atoms with van der Waals surface area (Å²) >= 11 is 0. The van der Waals surface area contributed by atoms with Gasteiger partial charge in [-0.1, -0.05) is 0 Å². The Hall–Kier alpha value is -1.60. The minimum atomic E-state index is 0.141. The molecule has 0 spiro atoms. The van der Waals surface area contributed by atoms with Crippen LogP contribution in [0, 0.1) is 11.3 Å². The third kappa shape index (κ3) is 2.40. The van der Waals surface area contributed by atoms with Crippen molar-refractivity contribution in [2.45, 2.75) is 19.4 Å². The normalized spacial score (nSPS) is 20.0. The Morgan fingerprint density at radius 3 is 2.82 bits per heavy atom. The first-order chi connectivity index (χ1) is 8.03. The molecule has 1 aliphatic heterocycles. The third-order valence-corrected chi connectivity index (χ3v) is 3.52. The molecule has 1 saturated heterocycles. The highest BCUT2D eigenvalue weighted by Crippen LogP contribution is 2.23. The van der Waals surface area contributed by atoms with Gasteiger partial charge in [-0.3, -0.25) is 4.90 Å². The van der Waals surface area contributed by atoms with Crippen molar-refractivity contribution in [3.8, 4) is 6.07 Å². The fraction of sp³-hybridized carbons (Fsp3) is 0.538. The van der Waals surface area contributed by atoms with Gasteiger partial charge < -0.3 is 4.90 Å². The predicted octanol–water partition coefficient (Wildman–Crippen LogP) is 1.48. The monoisotopic (exact) mass is 230 g/mol. The lowest BCUT2D eigenvalue weighted by atomic mass is 10.00. The van der Waals surface area contributed by atoms with E-state index in [2.05, 4.69) is 41.7 Å². The van der Waals surface area contributed by atoms with Crippen LogP contribution in [0.3, 0.4) is 0 Å². The van der Waals surface area contributed by atoms with Gasteiger partial charge in [0, 0.05) is 31.4 Å². The summed E-state index contributed by atoms with van der Waals surface area (Å²) in [6.45, 7) is 7.37. The van der Waals surface area contributed by atoms with Crippen molar-refractivity contribution in [1.82, 2.24) is 9.88 Å². The molecule has 0 amide bonds. The first-order valence-electron chi connectivity index (χ1n) is 5.85. The van der Waals surface area contributed by atoms with Crippen LogP contribution < -0.4 is 4.90 Å². The third-order valence-electron chi connectivity index (χ3n) is 3.52. The van der Waals surface area contributed by atoms with E-state index in [-0.39, 0.29) is 5.54 Å². The number of hydrogen-bond donors (Lipinski definition) is 0. The first-order valence-corrected chi connectivity index (χ1v) is 5.85. The summed E-state index contributed by atoms with van der Waals surface area (Å²) in [7, 11) is 2.15. The van der Waals surface area contributed by atoms with Crippen LogP contribution in [0.2, 0.25) is 0 Å². The lowest BCUT2D eigenvalue weighted by Crippen LogP contribution is -2.57. The molecule has 90 valence electrons. The first kappa shape index (κ1) is 11.9. The van der Waals surface area contributed by atoms with Gasteiger partial charge in [-0.15, -0.1) is 0 Å². The maximum absolute atomic E-state index is 8.90. The number of anilines is 1. The highest BCUT2D eigenvalue weighted by atomic mass is 15.3. The standard InChI is InChI=1S/C13H18N4/c1-13(2)10-17(7-6-16(13)3)12-8-11(9-14)4-5-15-12/h4-5,8H,6-7,10H2,1-3H3. The topological polar surface area (TPSA) is 43.2 Å². The Morgan fingerprint density at radius 1 is 1.41 bits per heavy atom. The molecular weight excluding hydrogens is 212 g/mol. The Kier molecular flexibility index (Phi) is 3.03. The lowest BCUT2D eigenvalue weighted by Gasteiger charge is -2.45. The molecule has 4 heteroatoms. The SMILES string of the molecule is CN1CCN(c2cc(C#N)ccn2)CC1(C)C. The second kappa shape index (κ2) is 4.34. The van der Waals surface area contributed by atoms with E-state index >= 15 is 0 Å². The fourth-order valence-corrected chi connectivity index (χ4v) is 2.10. The Labute approximate surface area is 102 Å². The number of hydrogen-bond acceptors (Lipinski definition) is 4. The van der Waals surface area contributed by atoms with Crippen LogP contribution in [0.4, 0.5) is 5.82 Å². The molecule has 17 heavy (non-hydrogen) atoms. The summed E-state index contributed by atoms with van der Waals surface area (Å²) in [4.78, 5) is 8.97. The van der Waals surface area contributed by atoms with E-state index < -0.39 is 0 Å². The van der Waals surface area contributed by atoms with Gasteiger partial charge >= 0.3 is 0 Å². The molecule has 0 atom stereocenters. The number of piperazine rings is 1. The van der Waals surface area contributed by atoms with E-state index in [9.17, 15) is 0 Å². The molecule has 1 aromatic rings. The molecule has 0 aliphatic carbocycles. The number of pyridine rings is 1. The maximum Gasteiger partial charge on any atom is 0.129 e. The number of likely N-dealkylation sites (N-methyl/N-ethyl adjacent to an activating group) is 1. The average molecular weight is 230 g/mol. The van der Waals surface area contributed by atoms with E-state index in [1.54, 1.807) is 12.3 Å². The minimum absolute atomic E-state index is 0.141. The highest BCUT2D eigenvalue weighted by molar-refractivity contribution is 5.45. The van der Waals surface area contributed by atoms with Crippen LogP contribution in [0.1, 0.15) is 19.4 Å². The Morgan fingerprint density at radius 2 is 2.18 bits per heavy atom. The van der Waals surface area contributed by atoms with Gasteiger partial charge in [0.15, 0.2) is 0 Å². The summed E-state index contributed by atoms with van der Waals surface area (Å²) in [5.41, 5.74) is 0.814. The van der Waals surface area contributed by atoms with Gasteiger partial charge in [0.25, 0.3) is 0 Å². The van der Waals surface area contributed by atoms with E-state index in [1.165, 1.54) is 0 Å². The van der Waals surface area contributed by atoms with Gasteiger partial charge in [0.1, 0.15) is 5.82 Å². The molecule has 4 nitrogen and oxygen atoms in total. The van der Waals surface area contributed by atoms with E-state index in [0.717, 1.165) is 25.5 Å². The summed E-state index contributed by atoms with van der Waals surface area (Å²) in [6, 6.07) is 5.76. The number of rotatable bonds is 1. The quantitative estimate of drug-likeness (QED) is 0.733. The summed E-state index contributed by atoms with van der Waals surface area (Å²) < 4.78 is 0. The van der Waals surface area contributed by atoms with Crippen molar-refractivity contribution in [3.05, 3.63) is 23.9 Å². The molecule has 2 rings (SSSR count). The Bertz CT molecular complexity index is 447. The second-order valence-electron chi connectivity index (χ2n) is 5.17. The predicted molar refractivity (Wildman–Crippen MR) is 67.9 cm³/mol. The molecule has 0 aromatic carbocycles. The smallest absolute Gasteiger partial charge is 0.129 e. The van der Waals surface area contributed by atoms with Crippen LogP contribution in [0.25, 0.3) is 0 Å². The molecule has 0 unspecified atom stereocenters. The van der Waals surface area contributed by atoms with Gasteiger partial charge in [0.2, 0.25) is 0 Å². The van der Waals surface area contributed by atoms with Gasteiger partial charge in [0.05, 0.1) is 11.6 Å². The summed E-state index contributed by atoms with van der Waals surface area (Å²) in [6.07, 6.45) is 1.71. The van der Waals surface area contributed by atoms with E-state index in [1.807, 2.05) is 6.07 Å². The van der Waals surface area contributed by atoms with Crippen molar-refractivity contribution in [1.29, 1.82) is 5.26 Å². The molecule has 0 bridgehead atoms. The molecule has 0 saturated carbocycles. The van der Waals surface area contributed by atoms with Crippen molar-refractivity contribution >= 4 is 5.82 Å². The minimum Gasteiger partial charge on any atom is -0.353 e. The van der Waals surface area contributed by atoms with E-state index in [0.29, 0.717) is 5.56 Å². The summed E-state index contributed by atoms with van der Waals surface area (Å²) in [5, 5.41) is 8.90. The zero-order chi connectivity index (χ0) is 12.5. The molecule has 1 aromatic heterocycles. The molecular formula is C13H18N4. The van der Waals surface area contributed by atoms with Crippen LogP contribution in [0.15, 0.2) is 18.3 Å². The molecule has 1 fully saturated rings. The highest BCUT2D eigenvalue weighted by Gasteiger charge is 2.31. The van der Waals surface area contributed by atoms with Crippen LogP contribution in [-0.2, 0) is 0 Å². The molecule has 0 N–H and O–H groups in total. The van der Waals surface area contributed by atoms with Crippen LogP contribution >= 0.6 is 0 Å². The van der Waals surface area contributed by atoms with Crippen LogP contribution in [-0.4, -0.2) is 42.1 Å². The van der Waals surface area contributed by atoms with E-state index in [4.69, 9.17) is 5.26 Å².